The largest absolute Gasteiger partial charge is 0.497 e. The van der Waals surface area contributed by atoms with Gasteiger partial charge in [-0.15, -0.1) is 0 Å². The summed E-state index contributed by atoms with van der Waals surface area (Å²) in [4.78, 5) is 30.4. The lowest BCUT2D eigenvalue weighted by Gasteiger charge is -2.60. The Morgan fingerprint density at radius 2 is 1.89 bits per heavy atom. The molecule has 1 fully saturated rings. The van der Waals surface area contributed by atoms with Gasteiger partial charge in [0.15, 0.2) is 0 Å². The molecule has 2 aromatic carbocycles. The van der Waals surface area contributed by atoms with Crippen LogP contribution in [0.25, 0.3) is 0 Å². The van der Waals surface area contributed by atoms with E-state index in [4.69, 9.17) is 9.47 Å². The minimum Gasteiger partial charge on any atom is -0.497 e. The Kier molecular flexibility index (Phi) is 6.46. The van der Waals surface area contributed by atoms with Gasteiger partial charge in [-0.2, -0.15) is 0 Å². The molecule has 0 amide bonds. The lowest BCUT2D eigenvalue weighted by molar-refractivity contribution is -0.141. The zero-order valence-electron chi connectivity index (χ0n) is 21.8. The first kappa shape index (κ1) is 25.2. The fourth-order valence-corrected chi connectivity index (χ4v) is 6.53. The molecule has 1 aliphatic heterocycles. The summed E-state index contributed by atoms with van der Waals surface area (Å²) in [5.41, 5.74) is 2.49. The molecule has 2 heterocycles. The molecule has 0 spiro atoms. The van der Waals surface area contributed by atoms with E-state index in [0.717, 1.165) is 41.2 Å². The molecule has 7 nitrogen and oxygen atoms in total. The van der Waals surface area contributed by atoms with Crippen molar-refractivity contribution in [2.45, 2.75) is 56.7 Å². The average Bonchev–Trinajstić information content (AvgIpc) is 2.90. The van der Waals surface area contributed by atoms with E-state index in [1.165, 1.54) is 12.7 Å². The van der Waals surface area contributed by atoms with E-state index in [-0.39, 0.29) is 11.6 Å². The van der Waals surface area contributed by atoms with Crippen molar-refractivity contribution in [3.8, 4) is 5.75 Å². The smallest absolute Gasteiger partial charge is 0.343 e. The quantitative estimate of drug-likeness (QED) is 0.519. The van der Waals surface area contributed by atoms with Crippen LogP contribution in [0, 0.1) is 6.92 Å². The van der Waals surface area contributed by atoms with Gasteiger partial charge in [-0.25, -0.2) is 4.79 Å². The van der Waals surface area contributed by atoms with E-state index in [2.05, 4.69) is 35.9 Å². The van der Waals surface area contributed by atoms with E-state index in [0.29, 0.717) is 19.3 Å². The summed E-state index contributed by atoms with van der Waals surface area (Å²) < 4.78 is 10.4. The highest BCUT2D eigenvalue weighted by molar-refractivity contribution is 5.89. The number of ether oxygens (including phenoxy) is 2. The van der Waals surface area contributed by atoms with Crippen molar-refractivity contribution >= 4 is 5.97 Å². The molecular weight excluding hydrogens is 468 g/mol. The number of likely N-dealkylation sites (tertiary alicyclic amines) is 1. The van der Waals surface area contributed by atoms with Crippen LogP contribution in [0.15, 0.2) is 59.4 Å². The number of methoxy groups -OCH3 is 2. The number of esters is 1. The number of H-pyrrole nitrogens is 1. The number of rotatable bonds is 5. The Bertz CT molecular complexity index is 1380. The zero-order chi connectivity index (χ0) is 26.4. The van der Waals surface area contributed by atoms with Crippen LogP contribution in [-0.2, 0) is 29.5 Å². The molecule has 0 radical (unpaired) electrons. The van der Waals surface area contributed by atoms with Gasteiger partial charge in [0, 0.05) is 36.5 Å². The molecule has 1 saturated heterocycles. The molecule has 2 aliphatic rings. The first-order valence-corrected chi connectivity index (χ1v) is 12.7. The number of piperidine rings is 1. The standard InChI is InChI=1S/C30H34N2O5/c1-19-10-11-23(36-3)15-25(19)29-12-13-32(18-21-8-6-5-7-9-21)20(2)30(29,35)16-22-14-24(28(34)37-4)27(33)31-26(22)17-29/h5-11,14-15,20,35H,12-13,16-18H2,1-4H3,(H,31,33). The highest BCUT2D eigenvalue weighted by Crippen LogP contribution is 2.53. The maximum Gasteiger partial charge on any atom is 0.343 e. The van der Waals surface area contributed by atoms with Crippen LogP contribution in [0.1, 0.15) is 51.7 Å². The Balaban J connectivity index is 1.66. The molecule has 7 heteroatoms. The molecule has 2 N–H and O–H groups in total. The van der Waals surface area contributed by atoms with Gasteiger partial charge in [0.05, 0.1) is 19.8 Å². The summed E-state index contributed by atoms with van der Waals surface area (Å²) in [5.74, 6) is 0.0518. The van der Waals surface area contributed by atoms with Gasteiger partial charge in [-0.1, -0.05) is 36.4 Å². The molecular formula is C30H34N2O5. The number of aromatic nitrogens is 1. The van der Waals surface area contributed by atoms with Gasteiger partial charge in [-0.3, -0.25) is 9.69 Å². The van der Waals surface area contributed by atoms with E-state index in [1.54, 1.807) is 13.2 Å². The molecule has 37 heavy (non-hydrogen) atoms. The maximum atomic E-state index is 12.8. The monoisotopic (exact) mass is 502 g/mol. The molecule has 0 bridgehead atoms. The number of carbonyl (C=O) groups is 1. The second-order valence-corrected chi connectivity index (χ2v) is 10.4. The van der Waals surface area contributed by atoms with E-state index >= 15 is 0 Å². The number of aryl methyl sites for hydroxylation is 1. The van der Waals surface area contributed by atoms with Gasteiger partial charge < -0.3 is 19.6 Å². The highest BCUT2D eigenvalue weighted by Gasteiger charge is 2.61. The third kappa shape index (κ3) is 4.06. The maximum absolute atomic E-state index is 12.8. The Morgan fingerprint density at radius 3 is 2.59 bits per heavy atom. The van der Waals surface area contributed by atoms with Crippen molar-refractivity contribution in [1.29, 1.82) is 0 Å². The van der Waals surface area contributed by atoms with E-state index in [1.807, 2.05) is 36.4 Å². The van der Waals surface area contributed by atoms with E-state index in [9.17, 15) is 14.7 Å². The Morgan fingerprint density at radius 1 is 1.14 bits per heavy atom. The van der Waals surface area contributed by atoms with Crippen molar-refractivity contribution in [1.82, 2.24) is 9.88 Å². The van der Waals surface area contributed by atoms with Gasteiger partial charge in [-0.05, 0) is 67.3 Å². The lowest BCUT2D eigenvalue weighted by atomic mass is 9.53. The summed E-state index contributed by atoms with van der Waals surface area (Å²) in [6.45, 7) is 5.66. The number of nitrogens with zero attached hydrogens (tertiary/aromatic N) is 1. The number of aliphatic hydroxyl groups is 1. The minimum absolute atomic E-state index is 0.0421. The molecule has 3 atom stereocenters. The zero-order valence-corrected chi connectivity index (χ0v) is 21.8. The summed E-state index contributed by atoms with van der Waals surface area (Å²) in [7, 11) is 2.90. The summed E-state index contributed by atoms with van der Waals surface area (Å²) in [6.07, 6.45) is 1.45. The van der Waals surface area contributed by atoms with Crippen molar-refractivity contribution < 1.29 is 19.4 Å². The van der Waals surface area contributed by atoms with Crippen LogP contribution < -0.4 is 10.3 Å². The first-order valence-electron chi connectivity index (χ1n) is 12.7. The summed E-state index contributed by atoms with van der Waals surface area (Å²) >= 11 is 0. The van der Waals surface area contributed by atoms with Gasteiger partial charge in [0.25, 0.3) is 5.56 Å². The predicted octanol–water partition coefficient (Wildman–Crippen LogP) is 3.54. The van der Waals surface area contributed by atoms with Crippen LogP contribution in [0.3, 0.4) is 0 Å². The molecule has 1 aromatic heterocycles. The normalized spacial score (nSPS) is 25.2. The molecule has 194 valence electrons. The number of benzene rings is 2. The fraction of sp³-hybridized carbons (Fsp3) is 0.400. The minimum atomic E-state index is -1.17. The van der Waals surface area contributed by atoms with Crippen LogP contribution >= 0.6 is 0 Å². The fourth-order valence-electron chi connectivity index (χ4n) is 6.53. The van der Waals surface area contributed by atoms with Crippen molar-refractivity contribution in [2.75, 3.05) is 20.8 Å². The number of nitrogens with one attached hydrogen (secondary N) is 1. The highest BCUT2D eigenvalue weighted by atomic mass is 16.5. The third-order valence-electron chi connectivity index (χ3n) is 8.64. The lowest BCUT2D eigenvalue weighted by Crippen LogP contribution is -2.70. The Labute approximate surface area is 217 Å². The SMILES string of the molecule is COC(=O)c1cc2c([nH]c1=O)CC1(c3cc(OC)ccc3C)CCN(Cc3ccccc3)C(C)C1(O)C2. The number of carbonyl (C=O) groups excluding carboxylic acids is 1. The van der Waals surface area contributed by atoms with Crippen molar-refractivity contribution in [2.24, 2.45) is 0 Å². The summed E-state index contributed by atoms with van der Waals surface area (Å²) in [5, 5.41) is 12.8. The summed E-state index contributed by atoms with van der Waals surface area (Å²) in [6, 6.07) is 17.7. The molecule has 3 aromatic rings. The number of pyridine rings is 1. The molecule has 0 saturated carbocycles. The second-order valence-electron chi connectivity index (χ2n) is 10.4. The second kappa shape index (κ2) is 9.47. The molecule has 3 unspecified atom stereocenters. The molecule has 1 aliphatic carbocycles. The third-order valence-corrected chi connectivity index (χ3v) is 8.64. The van der Waals surface area contributed by atoms with Crippen molar-refractivity contribution in [3.63, 3.8) is 0 Å². The number of aromatic amines is 1. The van der Waals surface area contributed by atoms with Gasteiger partial charge in [0.2, 0.25) is 0 Å². The predicted molar refractivity (Wildman–Crippen MR) is 141 cm³/mol. The number of hydrogen-bond donors (Lipinski definition) is 2. The van der Waals surface area contributed by atoms with Crippen LogP contribution in [0.4, 0.5) is 0 Å². The van der Waals surface area contributed by atoms with Crippen molar-refractivity contribution in [3.05, 3.63) is 98.5 Å². The van der Waals surface area contributed by atoms with Crippen LogP contribution in [-0.4, -0.2) is 53.4 Å². The van der Waals surface area contributed by atoms with Crippen LogP contribution in [0.2, 0.25) is 0 Å². The van der Waals surface area contributed by atoms with Gasteiger partial charge in [0.1, 0.15) is 11.3 Å². The average molecular weight is 503 g/mol. The van der Waals surface area contributed by atoms with Crippen LogP contribution in [0.5, 0.6) is 5.75 Å². The molecule has 5 rings (SSSR count). The van der Waals surface area contributed by atoms with Gasteiger partial charge >= 0.3 is 5.97 Å². The van der Waals surface area contributed by atoms with E-state index < -0.39 is 22.5 Å². The first-order chi connectivity index (χ1) is 17.7. The topological polar surface area (TPSA) is 91.9 Å². The Hall–Kier alpha value is -3.42. The number of hydrogen-bond acceptors (Lipinski definition) is 6. The number of fused-ring (bicyclic) bond motifs is 2.